The predicted octanol–water partition coefficient (Wildman–Crippen LogP) is 3.69. The molecule has 0 aromatic heterocycles. The molecule has 4 saturated carbocycles. The average Bonchev–Trinajstić information content (AvgIpc) is 3.58. The third kappa shape index (κ3) is 3.86. The van der Waals surface area contributed by atoms with Crippen LogP contribution < -0.4 is 0 Å². The first-order valence-electron chi connectivity index (χ1n) is 17.5. The highest BCUT2D eigenvalue weighted by Crippen LogP contribution is 2.89. The van der Waals surface area contributed by atoms with Crippen molar-refractivity contribution in [3.8, 4) is 0 Å². The summed E-state index contributed by atoms with van der Waals surface area (Å²) >= 11 is 0. The number of rotatable bonds is 4. The van der Waals surface area contributed by atoms with Crippen molar-refractivity contribution in [2.45, 2.75) is 155 Å². The summed E-state index contributed by atoms with van der Waals surface area (Å²) in [7, 11) is 0. The second-order valence-electron chi connectivity index (χ2n) is 18.1. The second kappa shape index (κ2) is 9.74. The second-order valence-corrected chi connectivity index (χ2v) is 18.1. The van der Waals surface area contributed by atoms with Crippen LogP contribution in [0.25, 0.3) is 0 Å². The smallest absolute Gasteiger partial charge is 0.186 e. The third-order valence-electron chi connectivity index (χ3n) is 15.5. The molecule has 8 nitrogen and oxygen atoms in total. The molecular weight excluding hydrogens is 560 g/mol. The van der Waals surface area contributed by atoms with Gasteiger partial charge in [0.25, 0.3) is 0 Å². The zero-order valence-corrected chi connectivity index (χ0v) is 27.9. The standard InChI is InChI=1S/C36H58O8/c1-18-14-19(28(40)32(4,5)42)15-20-25(18)33(6)12-13-36-17-35(36)11-10-24(44-30-27(39)26(38)21(37)16-43-30)31(2,3)22(35)8-9-23(36)34(33,7)29(20)41/h18-19,21-24,26-30,37-42H,8-17H2,1-7H3/t18-,19?,21+,22?,23?,24+,26+,27-,28+,29+,30?,33-,34-,35-,36+/m1/s1. The molecule has 0 aromatic rings. The van der Waals surface area contributed by atoms with Gasteiger partial charge in [0.2, 0.25) is 0 Å². The Labute approximate surface area is 263 Å². The van der Waals surface area contributed by atoms with E-state index in [1.54, 1.807) is 13.8 Å². The lowest BCUT2D eigenvalue weighted by Gasteiger charge is -2.64. The summed E-state index contributed by atoms with van der Waals surface area (Å²) in [5.74, 6) is 1.09. The maximum Gasteiger partial charge on any atom is 0.186 e. The maximum atomic E-state index is 12.4. The lowest BCUT2D eigenvalue weighted by atomic mass is 9.41. The molecule has 0 radical (unpaired) electrons. The molecule has 44 heavy (non-hydrogen) atoms. The fourth-order valence-corrected chi connectivity index (χ4v) is 13.4. The Morgan fingerprint density at radius 1 is 0.909 bits per heavy atom. The van der Waals surface area contributed by atoms with Crippen LogP contribution in [-0.4, -0.2) is 85.8 Å². The van der Waals surface area contributed by atoms with E-state index in [0.29, 0.717) is 18.3 Å². The number of fused-ring (bicyclic) bond motifs is 3. The lowest BCUT2D eigenvalue weighted by Crippen LogP contribution is -2.61. The van der Waals surface area contributed by atoms with E-state index >= 15 is 0 Å². The van der Waals surface area contributed by atoms with Crippen molar-refractivity contribution >= 4 is 0 Å². The molecule has 0 amide bonds. The van der Waals surface area contributed by atoms with Crippen molar-refractivity contribution in [2.24, 2.45) is 50.7 Å². The van der Waals surface area contributed by atoms with Crippen molar-refractivity contribution in [2.75, 3.05) is 6.61 Å². The van der Waals surface area contributed by atoms with Gasteiger partial charge < -0.3 is 40.1 Å². The summed E-state index contributed by atoms with van der Waals surface area (Å²) in [5.41, 5.74) is 1.38. The molecule has 7 rings (SSSR count). The Kier molecular flexibility index (Phi) is 7.08. The number of hydrogen-bond donors (Lipinski definition) is 6. The van der Waals surface area contributed by atoms with Gasteiger partial charge >= 0.3 is 0 Å². The predicted molar refractivity (Wildman–Crippen MR) is 164 cm³/mol. The van der Waals surface area contributed by atoms with Gasteiger partial charge in [-0.15, -0.1) is 0 Å². The van der Waals surface area contributed by atoms with E-state index in [4.69, 9.17) is 9.47 Å². The first kappa shape index (κ1) is 32.0. The minimum atomic E-state index is -1.28. The van der Waals surface area contributed by atoms with Gasteiger partial charge in [0.05, 0.1) is 30.5 Å². The van der Waals surface area contributed by atoms with E-state index in [1.807, 2.05) is 0 Å². The molecule has 1 heterocycles. The number of aliphatic hydroxyl groups excluding tert-OH is 5. The molecule has 15 atom stereocenters. The zero-order chi connectivity index (χ0) is 32.0. The van der Waals surface area contributed by atoms with E-state index in [0.717, 1.165) is 44.1 Å². The fraction of sp³-hybridized carbons (Fsp3) is 0.944. The van der Waals surface area contributed by atoms with Gasteiger partial charge in [0.1, 0.15) is 18.3 Å². The van der Waals surface area contributed by atoms with Crippen molar-refractivity contribution < 1.29 is 40.1 Å². The summed E-state index contributed by atoms with van der Waals surface area (Å²) < 4.78 is 12.1. The van der Waals surface area contributed by atoms with E-state index in [9.17, 15) is 30.6 Å². The minimum absolute atomic E-state index is 0.0536. The van der Waals surface area contributed by atoms with Crippen molar-refractivity contribution in [3.63, 3.8) is 0 Å². The first-order chi connectivity index (χ1) is 20.4. The quantitative estimate of drug-likeness (QED) is 0.207. The van der Waals surface area contributed by atoms with Crippen LogP contribution >= 0.6 is 0 Å². The first-order valence-corrected chi connectivity index (χ1v) is 17.5. The molecule has 7 aliphatic rings. The van der Waals surface area contributed by atoms with Crippen LogP contribution in [0.5, 0.6) is 0 Å². The highest BCUT2D eigenvalue weighted by molar-refractivity contribution is 5.45. The van der Waals surface area contributed by atoms with Crippen LogP contribution in [0.15, 0.2) is 11.1 Å². The van der Waals surface area contributed by atoms with Crippen molar-refractivity contribution in [1.82, 2.24) is 0 Å². The number of ether oxygens (including phenoxy) is 2. The Bertz CT molecular complexity index is 1210. The van der Waals surface area contributed by atoms with Crippen LogP contribution in [0.2, 0.25) is 0 Å². The van der Waals surface area contributed by atoms with Gasteiger partial charge in [-0.05, 0) is 123 Å². The van der Waals surface area contributed by atoms with Crippen LogP contribution in [0, 0.1) is 50.7 Å². The average molecular weight is 619 g/mol. The largest absolute Gasteiger partial charge is 0.390 e. The molecule has 4 unspecified atom stereocenters. The zero-order valence-electron chi connectivity index (χ0n) is 27.9. The van der Waals surface area contributed by atoms with Crippen LogP contribution in [0.1, 0.15) is 106 Å². The number of hydrogen-bond acceptors (Lipinski definition) is 8. The highest BCUT2D eigenvalue weighted by Gasteiger charge is 2.83. The summed E-state index contributed by atoms with van der Waals surface area (Å²) in [5, 5.41) is 64.9. The monoisotopic (exact) mass is 618 g/mol. The summed E-state index contributed by atoms with van der Waals surface area (Å²) in [6.07, 6.45) is 2.96. The van der Waals surface area contributed by atoms with Gasteiger partial charge in [-0.1, -0.05) is 40.2 Å². The SMILES string of the molecule is C[C@@H]1CC([C@H](O)C(C)(C)O)CC2=C1[C@@]1(C)CC[C@@]34C[C@@]35CC[C@H](OC3OC[C@H](O)[C@H](O)[C@H]3O)C(C)(C)C5CCC4[C@]1(C)[C@H]2O. The molecule has 6 aliphatic carbocycles. The normalized spacial score (nSPS) is 55.3. The molecule has 6 N–H and O–H groups in total. The molecule has 1 saturated heterocycles. The molecule has 5 fully saturated rings. The third-order valence-corrected chi connectivity index (χ3v) is 15.5. The van der Waals surface area contributed by atoms with Gasteiger partial charge in [-0.3, -0.25) is 0 Å². The molecule has 1 aliphatic heterocycles. The molecular formula is C36H58O8. The lowest BCUT2D eigenvalue weighted by molar-refractivity contribution is -0.302. The Balaban J connectivity index is 1.15. The number of allylic oxidation sites excluding steroid dienone is 1. The van der Waals surface area contributed by atoms with Crippen molar-refractivity contribution in [3.05, 3.63) is 11.1 Å². The highest BCUT2D eigenvalue weighted by atomic mass is 16.7. The van der Waals surface area contributed by atoms with E-state index in [1.165, 1.54) is 18.4 Å². The minimum Gasteiger partial charge on any atom is -0.390 e. The topological polar surface area (TPSA) is 140 Å². The molecule has 8 heteroatoms. The van der Waals surface area contributed by atoms with Crippen molar-refractivity contribution in [1.29, 1.82) is 0 Å². The Morgan fingerprint density at radius 2 is 1.57 bits per heavy atom. The van der Waals surface area contributed by atoms with Crippen LogP contribution in [-0.2, 0) is 9.47 Å². The molecule has 2 spiro atoms. The van der Waals surface area contributed by atoms with Crippen LogP contribution in [0.3, 0.4) is 0 Å². The fourth-order valence-electron chi connectivity index (χ4n) is 13.4. The Morgan fingerprint density at radius 3 is 2.25 bits per heavy atom. The number of aliphatic hydroxyl groups is 6. The maximum absolute atomic E-state index is 12.4. The van der Waals surface area contributed by atoms with E-state index in [2.05, 4.69) is 34.6 Å². The summed E-state index contributed by atoms with van der Waals surface area (Å²) in [4.78, 5) is 0. The van der Waals surface area contributed by atoms with Crippen LogP contribution in [0.4, 0.5) is 0 Å². The molecule has 250 valence electrons. The summed E-state index contributed by atoms with van der Waals surface area (Å²) in [6, 6.07) is 0. The van der Waals surface area contributed by atoms with E-state index in [-0.39, 0.29) is 51.6 Å². The molecule has 0 aromatic carbocycles. The summed E-state index contributed by atoms with van der Waals surface area (Å²) in [6.45, 7) is 15.0. The van der Waals surface area contributed by atoms with E-state index < -0.39 is 42.4 Å². The van der Waals surface area contributed by atoms with Gasteiger partial charge in [-0.2, -0.15) is 0 Å². The Hall–Kier alpha value is -0.580. The van der Waals surface area contributed by atoms with Gasteiger partial charge in [0.15, 0.2) is 6.29 Å². The molecule has 0 bridgehead atoms. The van der Waals surface area contributed by atoms with Gasteiger partial charge in [-0.25, -0.2) is 0 Å². The van der Waals surface area contributed by atoms with Gasteiger partial charge in [0, 0.05) is 5.41 Å².